The van der Waals surface area contributed by atoms with Crippen LogP contribution in [0.5, 0.6) is 0 Å². The molecule has 6 nitrogen and oxygen atoms in total. The smallest absolute Gasteiger partial charge is 0.225 e. The Bertz CT molecular complexity index is 905. The fourth-order valence-corrected chi connectivity index (χ4v) is 4.25. The highest BCUT2D eigenvalue weighted by molar-refractivity contribution is 7.17. The Morgan fingerprint density at radius 2 is 1.96 bits per heavy atom. The lowest BCUT2D eigenvalue weighted by Crippen LogP contribution is -2.43. The van der Waals surface area contributed by atoms with Gasteiger partial charge in [0.1, 0.15) is 0 Å². The first-order valence-corrected chi connectivity index (χ1v) is 10.1. The molecule has 1 N–H and O–H groups in total. The average Bonchev–Trinajstić information content (AvgIpc) is 3.39. The van der Waals surface area contributed by atoms with E-state index < -0.39 is 0 Å². The molecular weight excluding hydrogens is 358 g/mol. The number of nitrogens with one attached hydrogen (secondary N) is 1. The molecule has 3 aromatic rings. The van der Waals surface area contributed by atoms with Crippen LogP contribution in [0.1, 0.15) is 24.0 Å². The van der Waals surface area contributed by atoms with Crippen LogP contribution in [0, 0.1) is 12.8 Å². The van der Waals surface area contributed by atoms with Gasteiger partial charge in [-0.3, -0.25) is 9.36 Å². The molecule has 0 unspecified atom stereocenters. The van der Waals surface area contributed by atoms with E-state index in [0.717, 1.165) is 29.6 Å². The van der Waals surface area contributed by atoms with Crippen molar-refractivity contribution in [2.24, 2.45) is 5.92 Å². The van der Waals surface area contributed by atoms with E-state index in [1.807, 2.05) is 41.2 Å². The van der Waals surface area contributed by atoms with Gasteiger partial charge >= 0.3 is 0 Å². The summed E-state index contributed by atoms with van der Waals surface area (Å²) in [5.74, 6) is 0.111. The second-order valence-corrected chi connectivity index (χ2v) is 7.82. The van der Waals surface area contributed by atoms with E-state index >= 15 is 0 Å². The van der Waals surface area contributed by atoms with Crippen LogP contribution in [-0.4, -0.2) is 33.8 Å². The van der Waals surface area contributed by atoms with Crippen LogP contribution in [0.2, 0.25) is 0 Å². The van der Waals surface area contributed by atoms with Gasteiger partial charge in [0, 0.05) is 32.0 Å². The Morgan fingerprint density at radius 1 is 1.19 bits per heavy atom. The van der Waals surface area contributed by atoms with Crippen LogP contribution < -0.4 is 10.2 Å². The molecule has 3 heterocycles. The number of anilines is 1. The molecule has 1 amide bonds. The van der Waals surface area contributed by atoms with E-state index in [1.165, 1.54) is 11.1 Å². The number of piperidine rings is 1. The monoisotopic (exact) mass is 381 g/mol. The summed E-state index contributed by atoms with van der Waals surface area (Å²) in [4.78, 5) is 14.9. The van der Waals surface area contributed by atoms with Crippen molar-refractivity contribution in [3.8, 4) is 5.13 Å². The Balaban J connectivity index is 1.38. The van der Waals surface area contributed by atoms with Crippen LogP contribution in [0.25, 0.3) is 5.13 Å². The molecule has 140 valence electrons. The van der Waals surface area contributed by atoms with Crippen molar-refractivity contribution in [3.05, 3.63) is 59.9 Å². The maximum Gasteiger partial charge on any atom is 0.225 e. The van der Waals surface area contributed by atoms with Gasteiger partial charge in [0.15, 0.2) is 0 Å². The molecule has 0 aliphatic carbocycles. The van der Waals surface area contributed by atoms with Crippen molar-refractivity contribution in [2.75, 3.05) is 18.0 Å². The predicted molar refractivity (Wildman–Crippen MR) is 107 cm³/mol. The number of rotatable bonds is 5. The molecule has 0 saturated carbocycles. The molecule has 0 spiro atoms. The third-order valence-electron chi connectivity index (χ3n) is 5.01. The standard InChI is InChI=1S/C20H23N5OS/c1-15-7-2-3-8-16(15)13-21-18(26)17-9-6-12-25(14-17)20-23-22-19(27-20)24-10-4-5-11-24/h2-5,7-8,10-11,17H,6,9,12-14H2,1H3,(H,21,26)/t17-/m1/s1. The summed E-state index contributed by atoms with van der Waals surface area (Å²) in [6.45, 7) is 4.27. The molecule has 1 fully saturated rings. The first kappa shape index (κ1) is 17.7. The summed E-state index contributed by atoms with van der Waals surface area (Å²) < 4.78 is 1.96. The summed E-state index contributed by atoms with van der Waals surface area (Å²) in [5, 5.41) is 13.5. The van der Waals surface area contributed by atoms with Crippen LogP contribution in [-0.2, 0) is 11.3 Å². The third kappa shape index (κ3) is 4.03. The highest BCUT2D eigenvalue weighted by Gasteiger charge is 2.27. The number of carbonyl (C=O) groups excluding carboxylic acids is 1. The lowest BCUT2D eigenvalue weighted by molar-refractivity contribution is -0.125. The minimum absolute atomic E-state index is 0.0123. The zero-order valence-electron chi connectivity index (χ0n) is 15.3. The van der Waals surface area contributed by atoms with Gasteiger partial charge in [0.25, 0.3) is 0 Å². The normalized spacial score (nSPS) is 17.1. The number of benzene rings is 1. The van der Waals surface area contributed by atoms with Gasteiger partial charge in [-0.25, -0.2) is 0 Å². The van der Waals surface area contributed by atoms with E-state index in [0.29, 0.717) is 13.1 Å². The number of amides is 1. The number of aromatic nitrogens is 3. The van der Waals surface area contributed by atoms with E-state index in [-0.39, 0.29) is 11.8 Å². The first-order valence-electron chi connectivity index (χ1n) is 9.25. The SMILES string of the molecule is Cc1ccccc1CNC(=O)[C@@H]1CCCN(c2nnc(-n3cccc3)s2)C1. The van der Waals surface area contributed by atoms with E-state index in [2.05, 4.69) is 39.5 Å². The maximum atomic E-state index is 12.7. The summed E-state index contributed by atoms with van der Waals surface area (Å²) in [6, 6.07) is 12.1. The fraction of sp³-hybridized carbons (Fsp3) is 0.350. The van der Waals surface area contributed by atoms with Crippen LogP contribution in [0.3, 0.4) is 0 Å². The summed E-state index contributed by atoms with van der Waals surface area (Å²) in [6.07, 6.45) is 5.82. The quantitative estimate of drug-likeness (QED) is 0.737. The molecule has 1 aliphatic rings. The van der Waals surface area contributed by atoms with Crippen molar-refractivity contribution in [1.82, 2.24) is 20.1 Å². The Morgan fingerprint density at radius 3 is 2.78 bits per heavy atom. The number of carbonyl (C=O) groups is 1. The van der Waals surface area contributed by atoms with Crippen LogP contribution in [0.4, 0.5) is 5.13 Å². The van der Waals surface area contributed by atoms with E-state index in [4.69, 9.17) is 0 Å². The third-order valence-corrected chi connectivity index (χ3v) is 6.00. The van der Waals surface area contributed by atoms with Crippen molar-refractivity contribution >= 4 is 22.4 Å². The molecule has 1 saturated heterocycles. The van der Waals surface area contributed by atoms with Gasteiger partial charge in [0.2, 0.25) is 16.2 Å². The van der Waals surface area contributed by atoms with Gasteiger partial charge in [-0.15, -0.1) is 10.2 Å². The molecule has 0 bridgehead atoms. The highest BCUT2D eigenvalue weighted by atomic mass is 32.1. The Kier molecular flexibility index (Phi) is 5.20. The zero-order chi connectivity index (χ0) is 18.6. The Hall–Kier alpha value is -2.67. The van der Waals surface area contributed by atoms with E-state index in [9.17, 15) is 4.79 Å². The molecule has 7 heteroatoms. The van der Waals surface area contributed by atoms with Gasteiger partial charge in [-0.1, -0.05) is 35.6 Å². The molecular formula is C20H23N5OS. The minimum Gasteiger partial charge on any atom is -0.352 e. The lowest BCUT2D eigenvalue weighted by atomic mass is 9.97. The number of hydrogen-bond acceptors (Lipinski definition) is 5. The predicted octanol–water partition coefficient (Wildman–Crippen LogP) is 3.17. The van der Waals surface area contributed by atoms with E-state index in [1.54, 1.807) is 11.3 Å². The number of nitrogens with zero attached hydrogens (tertiary/aromatic N) is 4. The van der Waals surface area contributed by atoms with Crippen molar-refractivity contribution in [1.29, 1.82) is 0 Å². The molecule has 2 aromatic heterocycles. The molecule has 1 aliphatic heterocycles. The van der Waals surface area contributed by atoms with Gasteiger partial charge in [-0.2, -0.15) is 0 Å². The topological polar surface area (TPSA) is 63.1 Å². The minimum atomic E-state index is -0.0123. The van der Waals surface area contributed by atoms with Gasteiger partial charge in [0.05, 0.1) is 5.92 Å². The second kappa shape index (κ2) is 7.92. The van der Waals surface area contributed by atoms with Crippen molar-refractivity contribution < 1.29 is 4.79 Å². The Labute approximate surface area is 162 Å². The average molecular weight is 382 g/mol. The zero-order valence-corrected chi connectivity index (χ0v) is 16.2. The first-order chi connectivity index (χ1) is 13.2. The summed E-state index contributed by atoms with van der Waals surface area (Å²) in [7, 11) is 0. The fourth-order valence-electron chi connectivity index (χ4n) is 3.40. The van der Waals surface area contributed by atoms with Crippen LogP contribution >= 0.6 is 11.3 Å². The summed E-state index contributed by atoms with van der Waals surface area (Å²) in [5.41, 5.74) is 2.37. The second-order valence-electron chi connectivity index (χ2n) is 6.89. The van der Waals surface area contributed by atoms with Crippen molar-refractivity contribution in [2.45, 2.75) is 26.3 Å². The molecule has 0 radical (unpaired) electrons. The highest BCUT2D eigenvalue weighted by Crippen LogP contribution is 2.28. The van der Waals surface area contributed by atoms with Crippen LogP contribution in [0.15, 0.2) is 48.8 Å². The summed E-state index contributed by atoms with van der Waals surface area (Å²) >= 11 is 1.56. The maximum absolute atomic E-state index is 12.7. The largest absolute Gasteiger partial charge is 0.352 e. The molecule has 1 atom stereocenters. The lowest BCUT2D eigenvalue weighted by Gasteiger charge is -2.31. The number of hydrogen-bond donors (Lipinski definition) is 1. The van der Waals surface area contributed by atoms with Gasteiger partial charge < -0.3 is 10.2 Å². The van der Waals surface area contributed by atoms with Gasteiger partial charge in [-0.05, 0) is 43.0 Å². The molecule has 1 aromatic carbocycles. The number of aryl methyl sites for hydroxylation is 1. The van der Waals surface area contributed by atoms with Crippen molar-refractivity contribution in [3.63, 3.8) is 0 Å². The molecule has 4 rings (SSSR count). The molecule has 27 heavy (non-hydrogen) atoms.